The predicted molar refractivity (Wildman–Crippen MR) is 199 cm³/mol. The molecule has 0 aliphatic rings. The molecule has 0 spiro atoms. The molecule has 0 heterocycles. The van der Waals surface area contributed by atoms with Crippen molar-refractivity contribution in [3.05, 3.63) is 131 Å². The Kier molecular flexibility index (Phi) is 15.1. The quantitative estimate of drug-likeness (QED) is 0.166. The van der Waals surface area contributed by atoms with Crippen molar-refractivity contribution in [2.75, 3.05) is 58.8 Å². The molecule has 0 bridgehead atoms. The van der Waals surface area contributed by atoms with E-state index in [0.717, 1.165) is 40.0 Å². The lowest BCUT2D eigenvalue weighted by molar-refractivity contribution is 0.139. The van der Waals surface area contributed by atoms with E-state index in [2.05, 4.69) is 21.3 Å². The maximum absolute atomic E-state index is 12.3. The third-order valence-electron chi connectivity index (χ3n) is 7.87. The molecule has 264 valence electrons. The Morgan fingerprint density at radius 1 is 0.440 bits per heavy atom. The standard InChI is InChI=1S/2C19H24N4O2/c1-20-18(24)22(3)16-9-5-14(6-10-16)13-15-7-11-17(12-8-15)23(4)19(25)21-2;1-20-18(24)22(13-16-9-5-3-6-10-16)15-23(19(25)21-2)14-17-11-7-4-8-12-17/h5-12H,13H2,1-4H3,(H,20,24)(H,21,25);3-12H,13-15H2,1-2H3,(H,20,24)(H,21,25). The van der Waals surface area contributed by atoms with Crippen molar-refractivity contribution in [2.24, 2.45) is 0 Å². The summed E-state index contributed by atoms with van der Waals surface area (Å²) in [6.45, 7) is 1.02. The molecular formula is C38H48N8O4. The summed E-state index contributed by atoms with van der Waals surface area (Å²) in [6, 6.07) is 34.4. The first-order valence-electron chi connectivity index (χ1n) is 16.2. The van der Waals surface area contributed by atoms with Crippen LogP contribution in [0.1, 0.15) is 22.3 Å². The molecule has 4 aromatic carbocycles. The second-order valence-corrected chi connectivity index (χ2v) is 11.4. The maximum atomic E-state index is 12.3. The van der Waals surface area contributed by atoms with Crippen LogP contribution in [0, 0.1) is 0 Å². The van der Waals surface area contributed by atoms with Gasteiger partial charge in [-0.1, -0.05) is 84.9 Å². The number of hydrogen-bond donors (Lipinski definition) is 4. The van der Waals surface area contributed by atoms with E-state index in [0.29, 0.717) is 13.1 Å². The normalized spacial score (nSPS) is 10.0. The molecule has 0 fully saturated rings. The summed E-state index contributed by atoms with van der Waals surface area (Å²) >= 11 is 0. The van der Waals surface area contributed by atoms with Crippen molar-refractivity contribution in [1.29, 1.82) is 0 Å². The third-order valence-corrected chi connectivity index (χ3v) is 7.87. The van der Waals surface area contributed by atoms with Crippen LogP contribution in [0.15, 0.2) is 109 Å². The van der Waals surface area contributed by atoms with Crippen LogP contribution in [0.3, 0.4) is 0 Å². The Morgan fingerprint density at radius 2 is 0.760 bits per heavy atom. The number of hydrogen-bond acceptors (Lipinski definition) is 4. The summed E-state index contributed by atoms with van der Waals surface area (Å²) < 4.78 is 0. The van der Waals surface area contributed by atoms with E-state index >= 15 is 0 Å². The Hall–Kier alpha value is -6.04. The molecule has 4 rings (SSSR count). The summed E-state index contributed by atoms with van der Waals surface area (Å²) in [5.41, 5.74) is 5.99. The number of anilines is 2. The molecule has 0 radical (unpaired) electrons. The van der Waals surface area contributed by atoms with Gasteiger partial charge in [0.05, 0.1) is 6.67 Å². The van der Waals surface area contributed by atoms with E-state index in [1.807, 2.05) is 109 Å². The zero-order chi connectivity index (χ0) is 36.5. The van der Waals surface area contributed by atoms with Crippen molar-refractivity contribution in [1.82, 2.24) is 31.1 Å². The molecule has 12 heteroatoms. The van der Waals surface area contributed by atoms with Gasteiger partial charge >= 0.3 is 24.1 Å². The minimum atomic E-state index is -0.231. The van der Waals surface area contributed by atoms with Gasteiger partial charge in [0, 0.05) is 66.8 Å². The van der Waals surface area contributed by atoms with Crippen molar-refractivity contribution in [3.8, 4) is 0 Å². The van der Waals surface area contributed by atoms with E-state index in [4.69, 9.17) is 0 Å². The Balaban J connectivity index is 0.000000270. The van der Waals surface area contributed by atoms with Crippen LogP contribution in [0.2, 0.25) is 0 Å². The Morgan fingerprint density at radius 3 is 1.06 bits per heavy atom. The first-order chi connectivity index (χ1) is 24.1. The van der Waals surface area contributed by atoms with Crippen molar-refractivity contribution >= 4 is 35.5 Å². The summed E-state index contributed by atoms with van der Waals surface area (Å²) in [7, 11) is 9.85. The fraction of sp³-hybridized carbons (Fsp3) is 0.263. The summed E-state index contributed by atoms with van der Waals surface area (Å²) in [4.78, 5) is 54.1. The lowest BCUT2D eigenvalue weighted by Crippen LogP contribution is -2.48. The Bertz CT molecular complexity index is 1530. The van der Waals surface area contributed by atoms with Crippen LogP contribution < -0.4 is 31.1 Å². The smallest absolute Gasteiger partial charge is 0.321 e. The van der Waals surface area contributed by atoms with Gasteiger partial charge in [0.15, 0.2) is 0 Å². The zero-order valence-electron chi connectivity index (χ0n) is 29.6. The van der Waals surface area contributed by atoms with Gasteiger partial charge in [-0.25, -0.2) is 19.2 Å². The lowest BCUT2D eigenvalue weighted by atomic mass is 10.0. The summed E-state index contributed by atoms with van der Waals surface area (Å²) in [6.07, 6.45) is 0.786. The van der Waals surface area contributed by atoms with Crippen LogP contribution in [-0.4, -0.2) is 82.9 Å². The fourth-order valence-corrected chi connectivity index (χ4v) is 4.98. The topological polar surface area (TPSA) is 129 Å². The minimum Gasteiger partial charge on any atom is -0.341 e. The molecule has 0 aliphatic carbocycles. The molecule has 0 atom stereocenters. The molecule has 4 N–H and O–H groups in total. The van der Waals surface area contributed by atoms with Crippen LogP contribution in [0.25, 0.3) is 0 Å². The number of nitrogens with one attached hydrogen (secondary N) is 4. The molecule has 12 nitrogen and oxygen atoms in total. The highest BCUT2D eigenvalue weighted by Crippen LogP contribution is 2.19. The third kappa shape index (κ3) is 11.6. The van der Waals surface area contributed by atoms with Gasteiger partial charge in [-0.15, -0.1) is 0 Å². The number of urea groups is 4. The van der Waals surface area contributed by atoms with E-state index in [-0.39, 0.29) is 30.8 Å². The molecule has 0 aromatic heterocycles. The highest BCUT2D eigenvalue weighted by molar-refractivity contribution is 5.91. The highest BCUT2D eigenvalue weighted by atomic mass is 16.2. The molecule has 50 heavy (non-hydrogen) atoms. The second-order valence-electron chi connectivity index (χ2n) is 11.4. The first-order valence-corrected chi connectivity index (χ1v) is 16.2. The van der Waals surface area contributed by atoms with E-state index < -0.39 is 0 Å². The molecule has 8 amide bonds. The Labute approximate surface area is 295 Å². The van der Waals surface area contributed by atoms with E-state index in [1.54, 1.807) is 61.9 Å². The maximum Gasteiger partial charge on any atom is 0.321 e. The number of benzene rings is 4. The summed E-state index contributed by atoms with van der Waals surface area (Å²) in [5.74, 6) is 0. The first kappa shape index (κ1) is 38.4. The fourth-order valence-electron chi connectivity index (χ4n) is 4.98. The van der Waals surface area contributed by atoms with E-state index in [1.165, 1.54) is 0 Å². The van der Waals surface area contributed by atoms with Crippen LogP contribution in [0.4, 0.5) is 30.6 Å². The van der Waals surface area contributed by atoms with Gasteiger partial charge in [-0.05, 0) is 52.9 Å². The second kappa shape index (κ2) is 19.7. The van der Waals surface area contributed by atoms with Crippen LogP contribution in [-0.2, 0) is 19.5 Å². The average Bonchev–Trinajstić information content (AvgIpc) is 3.17. The van der Waals surface area contributed by atoms with Gasteiger partial charge < -0.3 is 31.1 Å². The zero-order valence-corrected chi connectivity index (χ0v) is 29.6. The molecular weight excluding hydrogens is 632 g/mol. The molecule has 4 aromatic rings. The molecule has 0 saturated carbocycles. The van der Waals surface area contributed by atoms with E-state index in [9.17, 15) is 19.2 Å². The van der Waals surface area contributed by atoms with Crippen molar-refractivity contribution in [3.63, 3.8) is 0 Å². The van der Waals surface area contributed by atoms with Crippen molar-refractivity contribution < 1.29 is 19.2 Å². The molecule has 0 unspecified atom stereocenters. The SMILES string of the molecule is CNC(=O)N(C)c1ccc(Cc2ccc(N(C)C(=O)NC)cc2)cc1.CNC(=O)N(Cc1ccccc1)CN(Cc1ccccc1)C(=O)NC. The number of nitrogens with zero attached hydrogens (tertiary/aromatic N) is 4. The minimum absolute atomic E-state index is 0.149. The molecule has 0 aliphatic heterocycles. The predicted octanol–water partition coefficient (Wildman–Crippen LogP) is 5.46. The largest absolute Gasteiger partial charge is 0.341 e. The van der Waals surface area contributed by atoms with Gasteiger partial charge in [0.1, 0.15) is 0 Å². The van der Waals surface area contributed by atoms with Gasteiger partial charge in [0.2, 0.25) is 0 Å². The highest BCUT2D eigenvalue weighted by Gasteiger charge is 2.20. The van der Waals surface area contributed by atoms with Gasteiger partial charge in [-0.3, -0.25) is 9.80 Å². The number of carbonyl (C=O) groups excluding carboxylic acids is 4. The summed E-state index contributed by atoms with van der Waals surface area (Å²) in [5, 5.41) is 10.5. The number of rotatable bonds is 10. The van der Waals surface area contributed by atoms with Crippen LogP contribution in [0.5, 0.6) is 0 Å². The number of amides is 8. The molecule has 0 saturated heterocycles. The average molecular weight is 681 g/mol. The van der Waals surface area contributed by atoms with Crippen LogP contribution >= 0.6 is 0 Å². The number of carbonyl (C=O) groups is 4. The monoisotopic (exact) mass is 680 g/mol. The van der Waals surface area contributed by atoms with Gasteiger partial charge in [-0.2, -0.15) is 0 Å². The van der Waals surface area contributed by atoms with Crippen molar-refractivity contribution in [2.45, 2.75) is 19.5 Å². The van der Waals surface area contributed by atoms with Gasteiger partial charge in [0.25, 0.3) is 0 Å². The lowest BCUT2D eigenvalue weighted by Gasteiger charge is -2.30.